The van der Waals surface area contributed by atoms with Gasteiger partial charge in [0.15, 0.2) is 0 Å². The molecule has 6 heteroatoms. The molecular weight excluding hydrogens is 354 g/mol. The van der Waals surface area contributed by atoms with Crippen molar-refractivity contribution in [2.45, 2.75) is 64.0 Å². The minimum atomic E-state index is -0.677. The van der Waals surface area contributed by atoms with Gasteiger partial charge in [0.2, 0.25) is 0 Å². The molecule has 0 radical (unpaired) electrons. The lowest BCUT2D eigenvalue weighted by Crippen LogP contribution is -2.54. The van der Waals surface area contributed by atoms with Crippen LogP contribution in [0.15, 0.2) is 24.3 Å². The fourth-order valence-corrected chi connectivity index (χ4v) is 5.13. The summed E-state index contributed by atoms with van der Waals surface area (Å²) in [6, 6.07) is 8.21. The quantitative estimate of drug-likeness (QED) is 0.786. The molecule has 152 valence electrons. The Labute approximate surface area is 167 Å². The van der Waals surface area contributed by atoms with Crippen molar-refractivity contribution >= 4 is 11.9 Å². The average molecular weight is 386 g/mol. The largest absolute Gasteiger partial charge is 0.494 e. The molecule has 3 fully saturated rings. The molecule has 4 rings (SSSR count). The number of urea groups is 1. The topological polar surface area (TPSA) is 61.9 Å². The molecule has 1 spiro atoms. The van der Waals surface area contributed by atoms with E-state index in [0.717, 1.165) is 50.8 Å². The van der Waals surface area contributed by atoms with Crippen LogP contribution in [-0.2, 0) is 4.79 Å². The summed E-state index contributed by atoms with van der Waals surface area (Å²) in [5.41, 5.74) is 0.540. The SMILES string of the molecule is CCOc1ccc([C@@H]2CCCN2CN2C(=O)N[C@@]3(CCCC[C@@H]3C)C2=O)cc1. The van der Waals surface area contributed by atoms with Gasteiger partial charge in [-0.05, 0) is 56.2 Å². The molecule has 1 aromatic carbocycles. The van der Waals surface area contributed by atoms with Gasteiger partial charge in [-0.3, -0.25) is 9.69 Å². The standard InChI is InChI=1S/C22H31N3O3/c1-3-28-18-11-9-17(10-12-18)19-8-6-14-24(19)15-25-20(26)22(23-21(25)27)13-5-4-7-16(22)2/h9-12,16,19H,3-8,13-15H2,1-2H3,(H,23,27)/t16-,19-,22+/m0/s1. The zero-order chi connectivity index (χ0) is 19.7. The van der Waals surface area contributed by atoms with Crippen molar-refractivity contribution in [1.82, 2.24) is 15.1 Å². The van der Waals surface area contributed by atoms with Crippen LogP contribution in [0.1, 0.15) is 64.0 Å². The minimum Gasteiger partial charge on any atom is -0.494 e. The van der Waals surface area contributed by atoms with Gasteiger partial charge in [-0.25, -0.2) is 9.69 Å². The normalized spacial score (nSPS) is 30.9. The summed E-state index contributed by atoms with van der Waals surface area (Å²) >= 11 is 0. The van der Waals surface area contributed by atoms with Gasteiger partial charge in [-0.1, -0.05) is 31.9 Å². The maximum atomic E-state index is 13.3. The third kappa shape index (κ3) is 3.28. The lowest BCUT2D eigenvalue weighted by atomic mass is 9.73. The smallest absolute Gasteiger partial charge is 0.326 e. The summed E-state index contributed by atoms with van der Waals surface area (Å²) in [6.45, 7) is 6.00. The Morgan fingerprint density at radius 2 is 1.93 bits per heavy atom. The molecule has 1 N–H and O–H groups in total. The van der Waals surface area contributed by atoms with E-state index >= 15 is 0 Å². The number of nitrogens with one attached hydrogen (secondary N) is 1. The fraction of sp³-hybridized carbons (Fsp3) is 0.636. The molecule has 2 aliphatic heterocycles. The van der Waals surface area contributed by atoms with Crippen LogP contribution in [0, 0.1) is 5.92 Å². The first-order valence-corrected chi connectivity index (χ1v) is 10.7. The number of rotatable bonds is 5. The zero-order valence-corrected chi connectivity index (χ0v) is 16.9. The van der Waals surface area contributed by atoms with Crippen LogP contribution in [0.3, 0.4) is 0 Å². The lowest BCUT2D eigenvalue weighted by Gasteiger charge is -2.37. The summed E-state index contributed by atoms with van der Waals surface area (Å²) in [6.07, 6.45) is 6.01. The summed E-state index contributed by atoms with van der Waals surface area (Å²) in [5.74, 6) is 1.04. The van der Waals surface area contributed by atoms with Crippen molar-refractivity contribution in [3.63, 3.8) is 0 Å². The fourth-order valence-electron chi connectivity index (χ4n) is 5.13. The average Bonchev–Trinajstić information content (AvgIpc) is 3.24. The Hall–Kier alpha value is -2.08. The highest BCUT2D eigenvalue weighted by Crippen LogP contribution is 2.39. The van der Waals surface area contributed by atoms with E-state index < -0.39 is 5.54 Å². The molecule has 1 aliphatic carbocycles. The molecule has 3 aliphatic rings. The second-order valence-corrected chi connectivity index (χ2v) is 8.40. The molecule has 6 nitrogen and oxygen atoms in total. The van der Waals surface area contributed by atoms with E-state index in [9.17, 15) is 9.59 Å². The maximum absolute atomic E-state index is 13.3. The number of carbonyl (C=O) groups excluding carboxylic acids is 2. The van der Waals surface area contributed by atoms with Gasteiger partial charge < -0.3 is 10.1 Å². The number of amides is 3. The molecule has 28 heavy (non-hydrogen) atoms. The predicted molar refractivity (Wildman–Crippen MR) is 107 cm³/mol. The van der Waals surface area contributed by atoms with Crippen molar-refractivity contribution in [1.29, 1.82) is 0 Å². The first-order valence-electron chi connectivity index (χ1n) is 10.7. The molecule has 0 bridgehead atoms. The molecule has 2 heterocycles. The van der Waals surface area contributed by atoms with Gasteiger partial charge in [0, 0.05) is 12.6 Å². The predicted octanol–water partition coefficient (Wildman–Crippen LogP) is 3.68. The van der Waals surface area contributed by atoms with Crippen molar-refractivity contribution in [3.8, 4) is 5.75 Å². The number of hydrogen-bond donors (Lipinski definition) is 1. The Morgan fingerprint density at radius 3 is 2.64 bits per heavy atom. The van der Waals surface area contributed by atoms with E-state index in [1.165, 1.54) is 10.5 Å². The van der Waals surface area contributed by atoms with E-state index in [0.29, 0.717) is 13.3 Å². The Balaban J connectivity index is 1.48. The first-order chi connectivity index (χ1) is 13.5. The second-order valence-electron chi connectivity index (χ2n) is 8.40. The van der Waals surface area contributed by atoms with Gasteiger partial charge >= 0.3 is 6.03 Å². The number of nitrogens with zero attached hydrogens (tertiary/aromatic N) is 2. The molecule has 2 saturated heterocycles. The Kier molecular flexibility index (Phi) is 5.32. The molecule has 1 saturated carbocycles. The second kappa shape index (κ2) is 7.74. The van der Waals surface area contributed by atoms with E-state index in [1.54, 1.807) is 0 Å². The number of carbonyl (C=O) groups is 2. The van der Waals surface area contributed by atoms with E-state index in [-0.39, 0.29) is 23.9 Å². The Bertz CT molecular complexity index is 735. The summed E-state index contributed by atoms with van der Waals surface area (Å²) in [5, 5.41) is 3.06. The summed E-state index contributed by atoms with van der Waals surface area (Å²) in [4.78, 5) is 29.7. The monoisotopic (exact) mass is 385 g/mol. The molecule has 1 aromatic rings. The van der Waals surface area contributed by atoms with Crippen LogP contribution < -0.4 is 10.1 Å². The van der Waals surface area contributed by atoms with Crippen LogP contribution in [0.2, 0.25) is 0 Å². The highest BCUT2D eigenvalue weighted by Gasteiger charge is 2.55. The van der Waals surface area contributed by atoms with Crippen LogP contribution >= 0.6 is 0 Å². The zero-order valence-electron chi connectivity index (χ0n) is 16.9. The molecule has 0 unspecified atom stereocenters. The maximum Gasteiger partial charge on any atom is 0.326 e. The first kappa shape index (κ1) is 19.2. The van der Waals surface area contributed by atoms with E-state index in [2.05, 4.69) is 29.3 Å². The molecule has 3 atom stereocenters. The van der Waals surface area contributed by atoms with Crippen LogP contribution in [0.5, 0.6) is 5.75 Å². The summed E-state index contributed by atoms with van der Waals surface area (Å²) in [7, 11) is 0. The minimum absolute atomic E-state index is 0.0259. The Morgan fingerprint density at radius 1 is 1.14 bits per heavy atom. The molecule has 3 amide bonds. The van der Waals surface area contributed by atoms with Gasteiger partial charge in [0.25, 0.3) is 5.91 Å². The van der Waals surface area contributed by atoms with Crippen molar-refractivity contribution in [2.75, 3.05) is 19.8 Å². The van der Waals surface area contributed by atoms with Crippen LogP contribution in [-0.4, -0.2) is 47.1 Å². The van der Waals surface area contributed by atoms with Crippen LogP contribution in [0.25, 0.3) is 0 Å². The number of benzene rings is 1. The van der Waals surface area contributed by atoms with Crippen molar-refractivity contribution < 1.29 is 14.3 Å². The van der Waals surface area contributed by atoms with Gasteiger partial charge in [-0.15, -0.1) is 0 Å². The van der Waals surface area contributed by atoms with Crippen LogP contribution in [0.4, 0.5) is 4.79 Å². The van der Waals surface area contributed by atoms with E-state index in [4.69, 9.17) is 4.74 Å². The highest BCUT2D eigenvalue weighted by atomic mass is 16.5. The molecule has 0 aromatic heterocycles. The third-order valence-electron chi connectivity index (χ3n) is 6.76. The van der Waals surface area contributed by atoms with E-state index in [1.807, 2.05) is 19.1 Å². The summed E-state index contributed by atoms with van der Waals surface area (Å²) < 4.78 is 5.54. The molecular formula is C22H31N3O3. The van der Waals surface area contributed by atoms with Gasteiger partial charge in [0.05, 0.1) is 13.3 Å². The van der Waals surface area contributed by atoms with Crippen molar-refractivity contribution in [2.24, 2.45) is 5.92 Å². The van der Waals surface area contributed by atoms with Crippen molar-refractivity contribution in [3.05, 3.63) is 29.8 Å². The number of hydrogen-bond acceptors (Lipinski definition) is 4. The lowest BCUT2D eigenvalue weighted by molar-refractivity contribution is -0.135. The highest BCUT2D eigenvalue weighted by molar-refractivity contribution is 6.07. The third-order valence-corrected chi connectivity index (χ3v) is 6.76. The van der Waals surface area contributed by atoms with Gasteiger partial charge in [0.1, 0.15) is 11.3 Å². The van der Waals surface area contributed by atoms with Gasteiger partial charge in [-0.2, -0.15) is 0 Å². The number of imide groups is 1. The number of ether oxygens (including phenoxy) is 1. The number of likely N-dealkylation sites (tertiary alicyclic amines) is 1.